The summed E-state index contributed by atoms with van der Waals surface area (Å²) in [6.07, 6.45) is 6.03. The van der Waals surface area contributed by atoms with Crippen LogP contribution >= 0.6 is 0 Å². The topological polar surface area (TPSA) is 18.5 Å². The third-order valence-corrected chi connectivity index (χ3v) is 6.97. The molecule has 3 fully saturated rings. The van der Waals surface area contributed by atoms with Crippen LogP contribution in [0.25, 0.3) is 0 Å². The van der Waals surface area contributed by atoms with Gasteiger partial charge < -0.3 is 9.47 Å². The molecule has 0 aromatic heterocycles. The molecule has 2 saturated carbocycles. The van der Waals surface area contributed by atoms with Crippen LogP contribution in [0.1, 0.15) is 71.1 Å². The van der Waals surface area contributed by atoms with Crippen LogP contribution in [0, 0.1) is 29.6 Å². The molecule has 3 aliphatic rings. The summed E-state index contributed by atoms with van der Waals surface area (Å²) in [7, 11) is 0. The SMILES string of the molecule is CC1CCC(CCC2COC(C3CCC(C=C(F)C(F)(F)F)CC3)OC2)CC1. The minimum atomic E-state index is -4.86. The molecule has 0 amide bonds. The molecule has 0 radical (unpaired) electrons. The van der Waals surface area contributed by atoms with Gasteiger partial charge in [-0.25, -0.2) is 4.39 Å². The lowest BCUT2D eigenvalue weighted by Gasteiger charge is -2.37. The quantitative estimate of drug-likeness (QED) is 0.467. The minimum Gasteiger partial charge on any atom is -0.352 e. The summed E-state index contributed by atoms with van der Waals surface area (Å²) in [5.41, 5.74) is 0. The van der Waals surface area contributed by atoms with E-state index in [1.165, 1.54) is 32.1 Å². The lowest BCUT2D eigenvalue weighted by Crippen LogP contribution is -2.38. The molecule has 1 aliphatic heterocycles. The van der Waals surface area contributed by atoms with Crippen molar-refractivity contribution in [3.8, 4) is 0 Å². The summed E-state index contributed by atoms with van der Waals surface area (Å²) in [5, 5.41) is 0. The summed E-state index contributed by atoms with van der Waals surface area (Å²) in [6, 6.07) is 0. The van der Waals surface area contributed by atoms with Gasteiger partial charge in [-0.3, -0.25) is 0 Å². The van der Waals surface area contributed by atoms with Crippen LogP contribution in [0.15, 0.2) is 11.9 Å². The van der Waals surface area contributed by atoms with Gasteiger partial charge in [-0.15, -0.1) is 0 Å². The van der Waals surface area contributed by atoms with E-state index in [0.29, 0.717) is 18.8 Å². The summed E-state index contributed by atoms with van der Waals surface area (Å²) in [4.78, 5) is 0. The lowest BCUT2D eigenvalue weighted by molar-refractivity contribution is -0.230. The largest absolute Gasteiger partial charge is 0.442 e. The van der Waals surface area contributed by atoms with E-state index in [2.05, 4.69) is 6.92 Å². The highest BCUT2D eigenvalue weighted by Gasteiger charge is 2.37. The van der Waals surface area contributed by atoms with Crippen molar-refractivity contribution in [2.24, 2.45) is 29.6 Å². The van der Waals surface area contributed by atoms with E-state index in [1.807, 2.05) is 0 Å². The predicted molar refractivity (Wildman–Crippen MR) is 100 cm³/mol. The molecule has 0 unspecified atom stereocenters. The van der Waals surface area contributed by atoms with Crippen molar-refractivity contribution in [1.82, 2.24) is 0 Å². The first-order chi connectivity index (χ1) is 13.3. The number of hydrogen-bond donors (Lipinski definition) is 0. The van der Waals surface area contributed by atoms with E-state index in [0.717, 1.165) is 50.4 Å². The van der Waals surface area contributed by atoms with Crippen molar-refractivity contribution >= 4 is 0 Å². The Hall–Kier alpha value is -0.620. The van der Waals surface area contributed by atoms with Crippen LogP contribution in [0.2, 0.25) is 0 Å². The van der Waals surface area contributed by atoms with E-state index < -0.39 is 12.0 Å². The van der Waals surface area contributed by atoms with Gasteiger partial charge in [0.2, 0.25) is 0 Å². The zero-order chi connectivity index (χ0) is 20.1. The number of allylic oxidation sites excluding steroid dienone is 2. The predicted octanol–water partition coefficient (Wildman–Crippen LogP) is 6.80. The highest BCUT2D eigenvalue weighted by molar-refractivity contribution is 5.03. The zero-order valence-electron chi connectivity index (χ0n) is 16.9. The van der Waals surface area contributed by atoms with Crippen molar-refractivity contribution in [2.45, 2.75) is 83.6 Å². The molecule has 1 saturated heterocycles. The normalized spacial score (nSPS) is 38.4. The van der Waals surface area contributed by atoms with Gasteiger partial charge in [0.1, 0.15) is 0 Å². The highest BCUT2D eigenvalue weighted by Crippen LogP contribution is 2.38. The second-order valence-corrected chi connectivity index (χ2v) is 9.29. The lowest BCUT2D eigenvalue weighted by atomic mass is 9.79. The third kappa shape index (κ3) is 6.45. The molecule has 3 rings (SSSR count). The molecule has 0 atom stereocenters. The number of alkyl halides is 3. The van der Waals surface area contributed by atoms with Gasteiger partial charge in [0.05, 0.1) is 13.2 Å². The maximum absolute atomic E-state index is 13.1. The van der Waals surface area contributed by atoms with Gasteiger partial charge in [0, 0.05) is 11.8 Å². The maximum atomic E-state index is 13.1. The average Bonchev–Trinajstić information content (AvgIpc) is 2.68. The monoisotopic (exact) mass is 406 g/mol. The smallest absolute Gasteiger partial charge is 0.352 e. The Morgan fingerprint density at radius 2 is 1.43 bits per heavy atom. The molecule has 1 heterocycles. The van der Waals surface area contributed by atoms with Gasteiger partial charge in [0.25, 0.3) is 0 Å². The Kier molecular flexibility index (Phi) is 7.82. The van der Waals surface area contributed by atoms with E-state index in [9.17, 15) is 17.6 Å². The van der Waals surface area contributed by atoms with Crippen LogP contribution in [0.4, 0.5) is 17.6 Å². The summed E-state index contributed by atoms with van der Waals surface area (Å²) < 4.78 is 62.0. The van der Waals surface area contributed by atoms with Crippen molar-refractivity contribution in [2.75, 3.05) is 13.2 Å². The number of rotatable bonds is 5. The van der Waals surface area contributed by atoms with Crippen molar-refractivity contribution in [1.29, 1.82) is 0 Å². The van der Waals surface area contributed by atoms with Crippen LogP contribution < -0.4 is 0 Å². The maximum Gasteiger partial charge on any atom is 0.442 e. The summed E-state index contributed by atoms with van der Waals surface area (Å²) in [6.45, 7) is 3.78. The summed E-state index contributed by atoms with van der Waals surface area (Å²) in [5.74, 6) is 0.0992. The van der Waals surface area contributed by atoms with Gasteiger partial charge in [0.15, 0.2) is 12.1 Å². The van der Waals surface area contributed by atoms with Crippen molar-refractivity contribution < 1.29 is 27.0 Å². The standard InChI is InChI=1S/C22H34F4O2/c1-15-2-4-16(5-3-15)6-7-18-13-27-21(28-14-18)19-10-8-17(9-11-19)12-20(23)22(24,25)26/h12,15-19,21H,2-11,13-14H2,1H3. The number of hydrogen-bond acceptors (Lipinski definition) is 2. The Bertz CT molecular complexity index is 495. The third-order valence-electron chi connectivity index (χ3n) is 6.97. The fourth-order valence-corrected chi connectivity index (χ4v) is 4.97. The highest BCUT2D eigenvalue weighted by atomic mass is 19.4. The van der Waals surface area contributed by atoms with Gasteiger partial charge >= 0.3 is 6.18 Å². The van der Waals surface area contributed by atoms with Gasteiger partial charge in [-0.2, -0.15) is 13.2 Å². The molecule has 2 nitrogen and oxygen atoms in total. The van der Waals surface area contributed by atoms with E-state index >= 15 is 0 Å². The van der Waals surface area contributed by atoms with Crippen molar-refractivity contribution in [3.05, 3.63) is 11.9 Å². The van der Waals surface area contributed by atoms with Crippen molar-refractivity contribution in [3.63, 3.8) is 0 Å². The van der Waals surface area contributed by atoms with E-state index in [-0.39, 0.29) is 18.1 Å². The van der Waals surface area contributed by atoms with Crippen LogP contribution in [-0.2, 0) is 9.47 Å². The molecule has 2 aliphatic carbocycles. The van der Waals surface area contributed by atoms with Gasteiger partial charge in [-0.1, -0.05) is 39.0 Å². The van der Waals surface area contributed by atoms with E-state index in [1.54, 1.807) is 0 Å². The molecule has 0 aromatic carbocycles. The van der Waals surface area contributed by atoms with E-state index in [4.69, 9.17) is 9.47 Å². The minimum absolute atomic E-state index is 0.208. The first-order valence-electron chi connectivity index (χ1n) is 11.0. The fraction of sp³-hybridized carbons (Fsp3) is 0.909. The second-order valence-electron chi connectivity index (χ2n) is 9.29. The van der Waals surface area contributed by atoms with Crippen LogP contribution in [0.5, 0.6) is 0 Å². The molecule has 28 heavy (non-hydrogen) atoms. The molecule has 0 bridgehead atoms. The van der Waals surface area contributed by atoms with Crippen LogP contribution in [0.3, 0.4) is 0 Å². The Labute approximate surface area is 166 Å². The first kappa shape index (κ1) is 22.1. The molecular weight excluding hydrogens is 372 g/mol. The number of ether oxygens (including phenoxy) is 2. The molecule has 0 N–H and O–H groups in total. The Morgan fingerprint density at radius 3 is 2.00 bits per heavy atom. The molecule has 0 spiro atoms. The van der Waals surface area contributed by atoms with Crippen LogP contribution in [-0.4, -0.2) is 25.7 Å². The fourth-order valence-electron chi connectivity index (χ4n) is 4.97. The second kappa shape index (κ2) is 9.92. The molecule has 0 aromatic rings. The summed E-state index contributed by atoms with van der Waals surface area (Å²) >= 11 is 0. The average molecular weight is 407 g/mol. The number of halogens is 4. The zero-order valence-corrected chi connectivity index (χ0v) is 16.9. The Morgan fingerprint density at radius 1 is 0.857 bits per heavy atom. The Balaban J connectivity index is 1.33. The molecule has 6 heteroatoms. The first-order valence-corrected chi connectivity index (χ1v) is 11.0. The molecular formula is C22H34F4O2. The molecule has 162 valence electrons. The van der Waals surface area contributed by atoms with Gasteiger partial charge in [-0.05, 0) is 55.9 Å².